The molecule has 1 nitrogen and oxygen atoms in total. The lowest BCUT2D eigenvalue weighted by Crippen LogP contribution is -2.21. The van der Waals surface area contributed by atoms with Crippen LogP contribution in [0.15, 0.2) is 23.8 Å². The third-order valence-electron chi connectivity index (χ3n) is 2.64. The van der Waals surface area contributed by atoms with Crippen molar-refractivity contribution in [2.45, 2.75) is 47.0 Å². The highest BCUT2D eigenvalue weighted by Crippen LogP contribution is 2.29. The van der Waals surface area contributed by atoms with Gasteiger partial charge >= 0.3 is 0 Å². The van der Waals surface area contributed by atoms with Crippen LogP contribution < -0.4 is 0 Å². The van der Waals surface area contributed by atoms with E-state index in [1.165, 1.54) is 5.57 Å². The lowest BCUT2D eigenvalue weighted by Gasteiger charge is -2.25. The van der Waals surface area contributed by atoms with Crippen molar-refractivity contribution in [3.05, 3.63) is 23.8 Å². The molecule has 14 heavy (non-hydrogen) atoms. The first-order valence-electron chi connectivity index (χ1n) is 5.52. The Balaban J connectivity index is 4.52. The zero-order chi connectivity index (χ0) is 11.0. The van der Waals surface area contributed by atoms with E-state index in [0.29, 0.717) is 0 Å². The van der Waals surface area contributed by atoms with E-state index < -0.39 is 0 Å². The Bertz CT molecular complexity index is 193. The van der Waals surface area contributed by atoms with Gasteiger partial charge in [0.25, 0.3) is 0 Å². The average molecular weight is 196 g/mol. The molecule has 0 rings (SSSR count). The number of hydrogen-bond acceptors (Lipinski definition) is 1. The second-order valence-electron chi connectivity index (χ2n) is 4.17. The maximum atomic E-state index is 9.44. The maximum Gasteiger partial charge on any atom is 0.0524 e. The van der Waals surface area contributed by atoms with Crippen LogP contribution in [0.25, 0.3) is 0 Å². The minimum Gasteiger partial charge on any atom is -0.395 e. The van der Waals surface area contributed by atoms with Crippen LogP contribution in [0, 0.1) is 5.41 Å². The van der Waals surface area contributed by atoms with Gasteiger partial charge in [-0.3, -0.25) is 0 Å². The van der Waals surface area contributed by atoms with E-state index in [4.69, 9.17) is 0 Å². The summed E-state index contributed by atoms with van der Waals surface area (Å²) in [7, 11) is 0. The van der Waals surface area contributed by atoms with Crippen molar-refractivity contribution < 1.29 is 5.11 Å². The van der Waals surface area contributed by atoms with Crippen molar-refractivity contribution in [2.75, 3.05) is 6.61 Å². The van der Waals surface area contributed by atoms with Crippen molar-refractivity contribution in [3.63, 3.8) is 0 Å². The van der Waals surface area contributed by atoms with Gasteiger partial charge in [-0.15, -0.1) is 0 Å². The highest BCUT2D eigenvalue weighted by Gasteiger charge is 2.22. The molecule has 82 valence electrons. The van der Waals surface area contributed by atoms with Crippen LogP contribution in [0.3, 0.4) is 0 Å². The van der Waals surface area contributed by atoms with Crippen molar-refractivity contribution in [2.24, 2.45) is 5.41 Å². The lowest BCUT2D eigenvalue weighted by atomic mass is 9.81. The molecule has 0 heterocycles. The molecule has 1 heteroatoms. The Morgan fingerprint density at radius 2 is 1.93 bits per heavy atom. The minimum absolute atomic E-state index is 0.0344. The van der Waals surface area contributed by atoms with Gasteiger partial charge in [-0.2, -0.15) is 0 Å². The standard InChI is InChI=1S/C13H24O/c1-5-7-9-13(6-2,11-14)10-8-12(3)4/h7-9,14H,5-6,10-11H2,1-4H3/b9-7+/t13-/m1/s1. The Hall–Kier alpha value is -0.560. The first-order chi connectivity index (χ1) is 6.60. The molecule has 0 aromatic rings. The molecule has 0 spiro atoms. The largest absolute Gasteiger partial charge is 0.395 e. The average Bonchev–Trinajstić information content (AvgIpc) is 2.19. The molecule has 0 aliphatic carbocycles. The van der Waals surface area contributed by atoms with Crippen LogP contribution in [0.1, 0.15) is 47.0 Å². The molecule has 0 aromatic heterocycles. The Morgan fingerprint density at radius 3 is 2.29 bits per heavy atom. The van der Waals surface area contributed by atoms with Gasteiger partial charge in [0.05, 0.1) is 6.61 Å². The molecule has 0 aromatic carbocycles. The first-order valence-corrected chi connectivity index (χ1v) is 5.52. The third kappa shape index (κ3) is 4.61. The van der Waals surface area contributed by atoms with Crippen LogP contribution in [0.2, 0.25) is 0 Å². The molecule has 1 atom stereocenters. The molecule has 0 bridgehead atoms. The molecule has 0 fully saturated rings. The third-order valence-corrected chi connectivity index (χ3v) is 2.64. The second-order valence-corrected chi connectivity index (χ2v) is 4.17. The lowest BCUT2D eigenvalue weighted by molar-refractivity contribution is 0.166. The highest BCUT2D eigenvalue weighted by molar-refractivity contribution is 5.05. The molecule has 0 aliphatic rings. The molecule has 1 N–H and O–H groups in total. The summed E-state index contributed by atoms with van der Waals surface area (Å²) in [6.45, 7) is 8.69. The van der Waals surface area contributed by atoms with Crippen molar-refractivity contribution in [1.82, 2.24) is 0 Å². The zero-order valence-electron chi connectivity index (χ0n) is 10.0. The maximum absolute atomic E-state index is 9.44. The summed E-state index contributed by atoms with van der Waals surface area (Å²) < 4.78 is 0. The topological polar surface area (TPSA) is 20.2 Å². The van der Waals surface area contributed by atoms with E-state index in [9.17, 15) is 5.11 Å². The van der Waals surface area contributed by atoms with Gasteiger partial charge in [-0.1, -0.05) is 37.6 Å². The van der Waals surface area contributed by atoms with Gasteiger partial charge < -0.3 is 5.11 Å². The summed E-state index contributed by atoms with van der Waals surface area (Å²) in [6.07, 6.45) is 9.50. The zero-order valence-corrected chi connectivity index (χ0v) is 10.0. The van der Waals surface area contributed by atoms with Gasteiger partial charge in [0, 0.05) is 5.41 Å². The SMILES string of the molecule is CC/C=C/[C@@](CC)(CO)CC=C(C)C. The second kappa shape index (κ2) is 6.83. The highest BCUT2D eigenvalue weighted by atomic mass is 16.3. The summed E-state index contributed by atoms with van der Waals surface area (Å²) in [4.78, 5) is 0. The van der Waals surface area contributed by atoms with Gasteiger partial charge in [0.1, 0.15) is 0 Å². The van der Waals surface area contributed by atoms with Gasteiger partial charge in [0.15, 0.2) is 0 Å². The fourth-order valence-corrected chi connectivity index (χ4v) is 1.33. The Labute approximate surface area is 88.5 Å². The van der Waals surface area contributed by atoms with Crippen molar-refractivity contribution >= 4 is 0 Å². The summed E-state index contributed by atoms with van der Waals surface area (Å²) in [5.74, 6) is 0. The van der Waals surface area contributed by atoms with Crippen LogP contribution in [0.5, 0.6) is 0 Å². The summed E-state index contributed by atoms with van der Waals surface area (Å²) in [5.41, 5.74) is 1.29. The van der Waals surface area contributed by atoms with Gasteiger partial charge in [-0.25, -0.2) is 0 Å². The van der Waals surface area contributed by atoms with Crippen molar-refractivity contribution in [1.29, 1.82) is 0 Å². The van der Waals surface area contributed by atoms with E-state index in [0.717, 1.165) is 19.3 Å². The molecule has 0 saturated heterocycles. The molecule has 0 amide bonds. The van der Waals surface area contributed by atoms with Crippen LogP contribution in [0.4, 0.5) is 0 Å². The molecule has 0 aliphatic heterocycles. The summed E-state index contributed by atoms with van der Waals surface area (Å²) in [5, 5.41) is 9.44. The fraction of sp³-hybridized carbons (Fsp3) is 0.692. The smallest absolute Gasteiger partial charge is 0.0524 e. The molecule has 0 radical (unpaired) electrons. The summed E-state index contributed by atoms with van der Waals surface area (Å²) in [6, 6.07) is 0. The number of aliphatic hydroxyl groups excluding tert-OH is 1. The number of aliphatic hydroxyl groups is 1. The quantitative estimate of drug-likeness (QED) is 0.642. The number of hydrogen-bond donors (Lipinski definition) is 1. The van der Waals surface area contributed by atoms with E-state index in [1.54, 1.807) is 0 Å². The predicted octanol–water partition coefficient (Wildman–Crippen LogP) is 3.70. The molecule has 0 saturated carbocycles. The minimum atomic E-state index is -0.0344. The van der Waals surface area contributed by atoms with Gasteiger partial charge in [-0.05, 0) is 33.1 Å². The number of allylic oxidation sites excluding steroid dienone is 3. The Kier molecular flexibility index (Phi) is 6.56. The van der Waals surface area contributed by atoms with E-state index in [2.05, 4.69) is 45.9 Å². The van der Waals surface area contributed by atoms with Crippen LogP contribution in [-0.2, 0) is 0 Å². The van der Waals surface area contributed by atoms with E-state index >= 15 is 0 Å². The van der Waals surface area contributed by atoms with E-state index in [1.807, 2.05) is 0 Å². The first kappa shape index (κ1) is 13.4. The number of rotatable bonds is 6. The van der Waals surface area contributed by atoms with Crippen LogP contribution in [-0.4, -0.2) is 11.7 Å². The predicted molar refractivity (Wildman–Crippen MR) is 63.3 cm³/mol. The fourth-order valence-electron chi connectivity index (χ4n) is 1.33. The van der Waals surface area contributed by atoms with Gasteiger partial charge in [0.2, 0.25) is 0 Å². The molecular weight excluding hydrogens is 172 g/mol. The molecule has 0 unspecified atom stereocenters. The van der Waals surface area contributed by atoms with Crippen LogP contribution >= 0.6 is 0 Å². The van der Waals surface area contributed by atoms with E-state index in [-0.39, 0.29) is 12.0 Å². The Morgan fingerprint density at radius 1 is 1.29 bits per heavy atom. The normalized spacial score (nSPS) is 15.5. The summed E-state index contributed by atoms with van der Waals surface area (Å²) >= 11 is 0. The monoisotopic (exact) mass is 196 g/mol. The molecular formula is C13H24O. The van der Waals surface area contributed by atoms with Crippen molar-refractivity contribution in [3.8, 4) is 0 Å².